The molecule has 0 aliphatic rings. The van der Waals surface area contributed by atoms with E-state index in [0.717, 1.165) is 5.56 Å². The monoisotopic (exact) mass is 228 g/mol. The SMILES string of the molecule is COc1ccc(Cn2ccc(N)n2)cc1C#N. The van der Waals surface area contributed by atoms with Gasteiger partial charge in [0.15, 0.2) is 0 Å². The van der Waals surface area contributed by atoms with Gasteiger partial charge in [-0.15, -0.1) is 0 Å². The second kappa shape index (κ2) is 4.58. The van der Waals surface area contributed by atoms with E-state index in [0.29, 0.717) is 23.7 Å². The topological polar surface area (TPSA) is 76.9 Å². The summed E-state index contributed by atoms with van der Waals surface area (Å²) < 4.78 is 6.80. The molecule has 0 aliphatic heterocycles. The van der Waals surface area contributed by atoms with Crippen LogP contribution in [0.5, 0.6) is 5.75 Å². The fourth-order valence-corrected chi connectivity index (χ4v) is 1.59. The van der Waals surface area contributed by atoms with Crippen molar-refractivity contribution in [3.63, 3.8) is 0 Å². The summed E-state index contributed by atoms with van der Waals surface area (Å²) in [5.41, 5.74) is 7.03. The number of ether oxygens (including phenoxy) is 1. The Balaban J connectivity index is 2.26. The molecule has 0 atom stereocenters. The van der Waals surface area contributed by atoms with Gasteiger partial charge in [-0.05, 0) is 23.8 Å². The van der Waals surface area contributed by atoms with E-state index < -0.39 is 0 Å². The number of hydrogen-bond donors (Lipinski definition) is 1. The van der Waals surface area contributed by atoms with Crippen molar-refractivity contribution < 1.29 is 4.74 Å². The third kappa shape index (κ3) is 2.37. The lowest BCUT2D eigenvalue weighted by atomic mass is 10.1. The second-order valence-electron chi connectivity index (χ2n) is 3.58. The third-order valence-corrected chi connectivity index (χ3v) is 2.39. The van der Waals surface area contributed by atoms with Crippen LogP contribution in [0.15, 0.2) is 30.5 Å². The molecule has 0 amide bonds. The Morgan fingerprint density at radius 3 is 2.88 bits per heavy atom. The molecular formula is C12H12N4O. The van der Waals surface area contributed by atoms with Gasteiger partial charge in [-0.25, -0.2) is 0 Å². The van der Waals surface area contributed by atoms with Gasteiger partial charge in [0.1, 0.15) is 17.6 Å². The maximum atomic E-state index is 8.97. The molecule has 5 nitrogen and oxygen atoms in total. The molecule has 0 spiro atoms. The maximum absolute atomic E-state index is 8.97. The predicted octanol–water partition coefficient (Wildman–Crippen LogP) is 1.39. The lowest BCUT2D eigenvalue weighted by molar-refractivity contribution is 0.413. The minimum absolute atomic E-state index is 0.485. The maximum Gasteiger partial charge on any atom is 0.145 e. The van der Waals surface area contributed by atoms with Crippen molar-refractivity contribution in [2.24, 2.45) is 0 Å². The van der Waals surface area contributed by atoms with E-state index in [1.807, 2.05) is 6.07 Å². The van der Waals surface area contributed by atoms with Crippen molar-refractivity contribution in [1.29, 1.82) is 5.26 Å². The molecule has 5 heteroatoms. The number of nitrogen functional groups attached to an aromatic ring is 1. The normalized spacial score (nSPS) is 9.88. The van der Waals surface area contributed by atoms with Crippen LogP contribution >= 0.6 is 0 Å². The Hall–Kier alpha value is -2.48. The summed E-state index contributed by atoms with van der Waals surface area (Å²) >= 11 is 0. The smallest absolute Gasteiger partial charge is 0.145 e. The molecule has 2 N–H and O–H groups in total. The van der Waals surface area contributed by atoms with Crippen molar-refractivity contribution in [3.05, 3.63) is 41.6 Å². The van der Waals surface area contributed by atoms with Crippen molar-refractivity contribution in [1.82, 2.24) is 9.78 Å². The number of anilines is 1. The highest BCUT2D eigenvalue weighted by atomic mass is 16.5. The van der Waals surface area contributed by atoms with Crippen LogP contribution in [0, 0.1) is 11.3 Å². The molecule has 2 rings (SSSR count). The van der Waals surface area contributed by atoms with E-state index in [1.165, 1.54) is 0 Å². The zero-order valence-corrected chi connectivity index (χ0v) is 9.42. The first-order chi connectivity index (χ1) is 8.22. The molecule has 1 heterocycles. The van der Waals surface area contributed by atoms with E-state index in [2.05, 4.69) is 11.2 Å². The van der Waals surface area contributed by atoms with Gasteiger partial charge >= 0.3 is 0 Å². The van der Waals surface area contributed by atoms with Gasteiger partial charge in [0, 0.05) is 6.20 Å². The Kier molecular flexibility index (Phi) is 2.97. The number of nitriles is 1. The van der Waals surface area contributed by atoms with E-state index in [-0.39, 0.29) is 0 Å². The van der Waals surface area contributed by atoms with Crippen molar-refractivity contribution >= 4 is 5.82 Å². The molecule has 0 aliphatic carbocycles. The standard InChI is InChI=1S/C12H12N4O/c1-17-11-3-2-9(6-10(11)7-13)8-16-5-4-12(14)15-16/h2-6H,8H2,1H3,(H2,14,15). The second-order valence-corrected chi connectivity index (χ2v) is 3.58. The summed E-state index contributed by atoms with van der Waals surface area (Å²) in [6.07, 6.45) is 1.80. The van der Waals surface area contributed by atoms with E-state index in [1.54, 1.807) is 36.2 Å². The summed E-state index contributed by atoms with van der Waals surface area (Å²) in [5, 5.41) is 13.1. The van der Waals surface area contributed by atoms with E-state index >= 15 is 0 Å². The van der Waals surface area contributed by atoms with Crippen LogP contribution in [-0.4, -0.2) is 16.9 Å². The molecule has 0 saturated heterocycles. The zero-order valence-electron chi connectivity index (χ0n) is 9.42. The molecule has 0 bridgehead atoms. The van der Waals surface area contributed by atoms with Crippen LogP contribution in [-0.2, 0) is 6.54 Å². The van der Waals surface area contributed by atoms with E-state index in [4.69, 9.17) is 15.7 Å². The quantitative estimate of drug-likeness (QED) is 0.861. The van der Waals surface area contributed by atoms with E-state index in [9.17, 15) is 0 Å². The van der Waals surface area contributed by atoms with Gasteiger partial charge in [-0.3, -0.25) is 4.68 Å². The molecule has 0 fully saturated rings. The van der Waals surface area contributed by atoms with Gasteiger partial charge in [-0.2, -0.15) is 10.4 Å². The molecule has 17 heavy (non-hydrogen) atoms. The highest BCUT2D eigenvalue weighted by Crippen LogP contribution is 2.19. The van der Waals surface area contributed by atoms with Crippen LogP contribution in [0.4, 0.5) is 5.82 Å². The summed E-state index contributed by atoms with van der Waals surface area (Å²) in [5.74, 6) is 1.07. The number of rotatable bonds is 3. The fourth-order valence-electron chi connectivity index (χ4n) is 1.59. The van der Waals surface area contributed by atoms with Crippen LogP contribution in [0.1, 0.15) is 11.1 Å². The first-order valence-electron chi connectivity index (χ1n) is 5.09. The lowest BCUT2D eigenvalue weighted by Gasteiger charge is -2.06. The molecule has 0 radical (unpaired) electrons. The highest BCUT2D eigenvalue weighted by Gasteiger charge is 2.04. The van der Waals surface area contributed by atoms with Crippen LogP contribution in [0.3, 0.4) is 0 Å². The average molecular weight is 228 g/mol. The van der Waals surface area contributed by atoms with Gasteiger partial charge in [0.25, 0.3) is 0 Å². The third-order valence-electron chi connectivity index (χ3n) is 2.39. The van der Waals surface area contributed by atoms with Gasteiger partial charge in [0.2, 0.25) is 0 Å². The van der Waals surface area contributed by atoms with Crippen molar-refractivity contribution in [3.8, 4) is 11.8 Å². The molecular weight excluding hydrogens is 216 g/mol. The number of hydrogen-bond acceptors (Lipinski definition) is 4. The molecule has 1 aromatic carbocycles. The van der Waals surface area contributed by atoms with Gasteiger partial charge in [0.05, 0.1) is 19.2 Å². The minimum atomic E-state index is 0.485. The summed E-state index contributed by atoms with van der Waals surface area (Å²) in [4.78, 5) is 0. The molecule has 1 aromatic heterocycles. The van der Waals surface area contributed by atoms with Crippen molar-refractivity contribution in [2.45, 2.75) is 6.54 Å². The highest BCUT2D eigenvalue weighted by molar-refractivity contribution is 5.45. The Labute approximate surface area is 99.0 Å². The molecule has 86 valence electrons. The average Bonchev–Trinajstić information content (AvgIpc) is 2.74. The number of nitrogens with zero attached hydrogens (tertiary/aromatic N) is 3. The molecule has 2 aromatic rings. The minimum Gasteiger partial charge on any atom is -0.495 e. The first-order valence-corrected chi connectivity index (χ1v) is 5.09. The first kappa shape index (κ1) is 11.0. The van der Waals surface area contributed by atoms with Crippen LogP contribution < -0.4 is 10.5 Å². The lowest BCUT2D eigenvalue weighted by Crippen LogP contribution is -2.02. The number of nitrogens with two attached hydrogens (primary N) is 1. The molecule has 0 saturated carbocycles. The van der Waals surface area contributed by atoms with Crippen LogP contribution in [0.25, 0.3) is 0 Å². The van der Waals surface area contributed by atoms with Crippen molar-refractivity contribution in [2.75, 3.05) is 12.8 Å². The predicted molar refractivity (Wildman–Crippen MR) is 63.5 cm³/mol. The van der Waals surface area contributed by atoms with Gasteiger partial charge in [-0.1, -0.05) is 6.07 Å². The van der Waals surface area contributed by atoms with Gasteiger partial charge < -0.3 is 10.5 Å². The Morgan fingerprint density at radius 1 is 1.47 bits per heavy atom. The Morgan fingerprint density at radius 2 is 2.29 bits per heavy atom. The fraction of sp³-hybridized carbons (Fsp3) is 0.167. The number of methoxy groups -OCH3 is 1. The largest absolute Gasteiger partial charge is 0.495 e. The summed E-state index contributed by atoms with van der Waals surface area (Å²) in [6.45, 7) is 0.579. The number of benzene rings is 1. The number of aromatic nitrogens is 2. The zero-order chi connectivity index (χ0) is 12.3. The summed E-state index contributed by atoms with van der Waals surface area (Å²) in [7, 11) is 1.55. The van der Waals surface area contributed by atoms with Crippen LogP contribution in [0.2, 0.25) is 0 Å². The Bertz CT molecular complexity index is 568. The summed E-state index contributed by atoms with van der Waals surface area (Å²) in [6, 6.07) is 9.30. The molecule has 0 unspecified atom stereocenters.